The number of aliphatic hydroxyl groups excluding tert-OH is 1. The molecule has 0 radical (unpaired) electrons. The molecule has 6 nitrogen and oxygen atoms in total. The number of hydrogen-bond donors (Lipinski definition) is 2. The minimum atomic E-state index is -1.34. The van der Waals surface area contributed by atoms with E-state index in [-0.39, 0.29) is 30.8 Å². The van der Waals surface area contributed by atoms with E-state index in [4.69, 9.17) is 4.74 Å². The van der Waals surface area contributed by atoms with Gasteiger partial charge in [-0.3, -0.25) is 9.59 Å². The summed E-state index contributed by atoms with van der Waals surface area (Å²) >= 11 is 0. The lowest BCUT2D eigenvalue weighted by Crippen LogP contribution is -2.57. The third kappa shape index (κ3) is 3.33. The molecule has 0 unspecified atom stereocenters. The summed E-state index contributed by atoms with van der Waals surface area (Å²) in [6.45, 7) is 0.194. The number of carboxylic acids is 1. The number of aliphatic hydroxyl groups is 1. The van der Waals surface area contributed by atoms with Crippen LogP contribution in [0.3, 0.4) is 0 Å². The lowest BCUT2D eigenvalue weighted by atomic mass is 9.73. The molecule has 1 aromatic rings. The molecule has 7 heteroatoms. The van der Waals surface area contributed by atoms with Crippen molar-refractivity contribution in [2.45, 2.75) is 31.8 Å². The van der Waals surface area contributed by atoms with E-state index in [9.17, 15) is 24.2 Å². The fourth-order valence-corrected chi connectivity index (χ4v) is 3.60. The number of likely N-dealkylation sites (tertiary alicyclic amines) is 1. The van der Waals surface area contributed by atoms with Gasteiger partial charge in [0.15, 0.2) is 0 Å². The minimum Gasteiger partial charge on any atom is -0.496 e. The molecule has 2 atom stereocenters. The number of hydrogen-bond acceptors (Lipinski definition) is 4. The number of ether oxygens (including phenoxy) is 1. The Kier molecular flexibility index (Phi) is 4.69. The minimum absolute atomic E-state index is 0.0562. The molecule has 1 aliphatic carbocycles. The van der Waals surface area contributed by atoms with Gasteiger partial charge in [0.05, 0.1) is 18.8 Å². The fraction of sp³-hybridized carbons (Fsp3) is 0.556. The predicted molar refractivity (Wildman–Crippen MR) is 86.9 cm³/mol. The van der Waals surface area contributed by atoms with Crippen molar-refractivity contribution in [1.29, 1.82) is 0 Å². The topological polar surface area (TPSA) is 87.1 Å². The van der Waals surface area contributed by atoms with Crippen molar-refractivity contribution in [3.8, 4) is 5.75 Å². The molecule has 1 saturated carbocycles. The Morgan fingerprint density at radius 3 is 2.68 bits per heavy atom. The van der Waals surface area contributed by atoms with Crippen LogP contribution < -0.4 is 4.74 Å². The summed E-state index contributed by atoms with van der Waals surface area (Å²) in [6, 6.07) is 3.63. The highest BCUT2D eigenvalue weighted by Gasteiger charge is 2.52. The summed E-state index contributed by atoms with van der Waals surface area (Å²) in [5.74, 6) is -1.60. The zero-order valence-electron chi connectivity index (χ0n) is 14.1. The number of benzene rings is 1. The largest absolute Gasteiger partial charge is 0.496 e. The standard InChI is InChI=1S/C18H22FNO5/c1-25-14-8-12(19)4-5-13(14)16(22)20-7-6-15(21)18(10-20,17(23)24)9-11-2-3-11/h4-5,8,11,15,21H,2-3,6-7,9-10H2,1H3,(H,23,24)/t15-,18+/m0/s1. The number of nitrogens with zero attached hydrogens (tertiary/aromatic N) is 1. The molecule has 1 aliphatic heterocycles. The molecule has 2 fully saturated rings. The Morgan fingerprint density at radius 1 is 1.36 bits per heavy atom. The van der Waals surface area contributed by atoms with Crippen molar-refractivity contribution in [2.24, 2.45) is 11.3 Å². The third-order valence-corrected chi connectivity index (χ3v) is 5.24. The van der Waals surface area contributed by atoms with Crippen LogP contribution in [0, 0.1) is 17.2 Å². The predicted octanol–water partition coefficient (Wildman–Crippen LogP) is 1.91. The van der Waals surface area contributed by atoms with E-state index in [0.29, 0.717) is 12.3 Å². The van der Waals surface area contributed by atoms with Gasteiger partial charge in [-0.1, -0.05) is 12.8 Å². The van der Waals surface area contributed by atoms with Crippen LogP contribution in [0.1, 0.15) is 36.0 Å². The van der Waals surface area contributed by atoms with E-state index >= 15 is 0 Å². The van der Waals surface area contributed by atoms with Gasteiger partial charge in [0.2, 0.25) is 0 Å². The van der Waals surface area contributed by atoms with E-state index in [0.717, 1.165) is 18.9 Å². The molecule has 0 aromatic heterocycles. The maximum atomic E-state index is 13.4. The first-order valence-electron chi connectivity index (χ1n) is 8.41. The molecule has 2 N–H and O–H groups in total. The maximum absolute atomic E-state index is 13.4. The lowest BCUT2D eigenvalue weighted by molar-refractivity contribution is -0.163. The van der Waals surface area contributed by atoms with Crippen LogP contribution in [0.25, 0.3) is 0 Å². The Morgan fingerprint density at radius 2 is 2.08 bits per heavy atom. The second-order valence-corrected chi connectivity index (χ2v) is 6.98. The van der Waals surface area contributed by atoms with Crippen molar-refractivity contribution in [1.82, 2.24) is 4.90 Å². The van der Waals surface area contributed by atoms with E-state index in [1.165, 1.54) is 24.1 Å². The van der Waals surface area contributed by atoms with Gasteiger partial charge >= 0.3 is 5.97 Å². The normalized spacial score (nSPS) is 26.4. The number of methoxy groups -OCH3 is 1. The number of carbonyl (C=O) groups excluding carboxylic acids is 1. The number of amides is 1. The Labute approximate surface area is 145 Å². The van der Waals surface area contributed by atoms with Crippen LogP contribution in [0.5, 0.6) is 5.75 Å². The summed E-state index contributed by atoms with van der Waals surface area (Å²) in [5, 5.41) is 20.2. The highest BCUT2D eigenvalue weighted by Crippen LogP contribution is 2.45. The molecule has 1 amide bonds. The number of piperidine rings is 1. The van der Waals surface area contributed by atoms with E-state index in [1.54, 1.807) is 0 Å². The van der Waals surface area contributed by atoms with E-state index in [2.05, 4.69) is 0 Å². The first kappa shape index (κ1) is 17.7. The summed E-state index contributed by atoms with van der Waals surface area (Å²) < 4.78 is 18.4. The zero-order valence-corrected chi connectivity index (χ0v) is 14.1. The second kappa shape index (κ2) is 6.63. The van der Waals surface area contributed by atoms with Crippen LogP contribution in [0.2, 0.25) is 0 Å². The van der Waals surface area contributed by atoms with E-state index < -0.39 is 29.2 Å². The van der Waals surface area contributed by atoms with Gasteiger partial charge in [-0.15, -0.1) is 0 Å². The van der Waals surface area contributed by atoms with Crippen molar-refractivity contribution < 1.29 is 28.9 Å². The molecule has 3 rings (SSSR count). The molecule has 25 heavy (non-hydrogen) atoms. The number of carbonyl (C=O) groups is 2. The molecule has 2 aliphatic rings. The van der Waals surface area contributed by atoms with Crippen LogP contribution >= 0.6 is 0 Å². The van der Waals surface area contributed by atoms with Gasteiger partial charge in [0.25, 0.3) is 5.91 Å². The molecule has 1 aromatic carbocycles. The average molecular weight is 351 g/mol. The SMILES string of the molecule is COc1cc(F)ccc1C(=O)N1CC[C@H](O)[C@](CC2CC2)(C(=O)O)C1. The molecule has 1 heterocycles. The van der Waals surface area contributed by atoms with E-state index in [1.807, 2.05) is 0 Å². The second-order valence-electron chi connectivity index (χ2n) is 6.98. The Hall–Kier alpha value is -2.15. The maximum Gasteiger partial charge on any atom is 0.314 e. The van der Waals surface area contributed by atoms with Crippen molar-refractivity contribution in [3.05, 3.63) is 29.6 Å². The number of halogens is 1. The van der Waals surface area contributed by atoms with Gasteiger partial charge in [-0.2, -0.15) is 0 Å². The van der Waals surface area contributed by atoms with Crippen LogP contribution in [0.4, 0.5) is 4.39 Å². The van der Waals surface area contributed by atoms with Crippen LogP contribution in [0.15, 0.2) is 18.2 Å². The summed E-state index contributed by atoms with van der Waals surface area (Å²) in [6.07, 6.45) is 1.51. The molecule has 136 valence electrons. The summed E-state index contributed by atoms with van der Waals surface area (Å²) in [7, 11) is 1.35. The summed E-state index contributed by atoms with van der Waals surface area (Å²) in [4.78, 5) is 26.2. The van der Waals surface area contributed by atoms with Crippen LogP contribution in [-0.2, 0) is 4.79 Å². The van der Waals surface area contributed by atoms with Gasteiger partial charge < -0.3 is 19.8 Å². The Balaban J connectivity index is 1.87. The van der Waals surface area contributed by atoms with Gasteiger partial charge in [0.1, 0.15) is 17.0 Å². The monoisotopic (exact) mass is 351 g/mol. The molecule has 0 bridgehead atoms. The van der Waals surface area contributed by atoms with Crippen molar-refractivity contribution in [3.63, 3.8) is 0 Å². The number of rotatable bonds is 5. The first-order valence-corrected chi connectivity index (χ1v) is 8.41. The summed E-state index contributed by atoms with van der Waals surface area (Å²) in [5.41, 5.74) is -1.16. The number of carboxylic acid groups (broad SMARTS) is 1. The highest BCUT2D eigenvalue weighted by molar-refractivity contribution is 5.97. The Bertz CT molecular complexity index is 690. The number of aliphatic carboxylic acids is 1. The van der Waals surface area contributed by atoms with Gasteiger partial charge in [0, 0.05) is 19.2 Å². The van der Waals surface area contributed by atoms with Crippen molar-refractivity contribution >= 4 is 11.9 Å². The lowest BCUT2D eigenvalue weighted by Gasteiger charge is -2.43. The highest BCUT2D eigenvalue weighted by atomic mass is 19.1. The molecule has 1 saturated heterocycles. The van der Waals surface area contributed by atoms with Crippen LogP contribution in [-0.4, -0.2) is 53.3 Å². The molecular formula is C18H22FNO5. The van der Waals surface area contributed by atoms with Gasteiger partial charge in [-0.05, 0) is 30.9 Å². The van der Waals surface area contributed by atoms with Crippen molar-refractivity contribution in [2.75, 3.05) is 20.2 Å². The molecular weight excluding hydrogens is 329 g/mol. The first-order chi connectivity index (χ1) is 11.9. The zero-order chi connectivity index (χ0) is 18.2. The molecule has 0 spiro atoms. The smallest absolute Gasteiger partial charge is 0.314 e. The average Bonchev–Trinajstić information content (AvgIpc) is 3.39. The van der Waals surface area contributed by atoms with Gasteiger partial charge in [-0.25, -0.2) is 4.39 Å². The fourth-order valence-electron chi connectivity index (χ4n) is 3.60. The third-order valence-electron chi connectivity index (χ3n) is 5.24. The quantitative estimate of drug-likeness (QED) is 0.846.